The molecule has 0 radical (unpaired) electrons. The SMILES string of the molecule is CCSC1=Nc2cnc3[nH]cc(C(O)c4ccc(Oc5ccccc5)cc4Cl)c3c2NC1COC. The second-order valence-corrected chi connectivity index (χ2v) is 9.71. The first-order chi connectivity index (χ1) is 17.1. The molecular weight excluding hydrogens is 484 g/mol. The summed E-state index contributed by atoms with van der Waals surface area (Å²) < 4.78 is 11.3. The number of hydrogen-bond donors (Lipinski definition) is 3. The van der Waals surface area contributed by atoms with Crippen molar-refractivity contribution in [3.8, 4) is 11.5 Å². The zero-order valence-corrected chi connectivity index (χ0v) is 20.9. The standard InChI is InChI=1S/C26H25ClN4O3S/c1-3-35-26-21(14-33-2)30-23-20(31-26)13-29-25-22(23)18(12-28-25)24(32)17-10-9-16(11-19(17)27)34-15-7-5-4-6-8-15/h4-13,21,24,30,32H,3,14H2,1-2H3,(H,28,29). The molecule has 0 saturated heterocycles. The van der Waals surface area contributed by atoms with E-state index in [4.69, 9.17) is 26.1 Å². The van der Waals surface area contributed by atoms with E-state index >= 15 is 0 Å². The highest BCUT2D eigenvalue weighted by atomic mass is 35.5. The summed E-state index contributed by atoms with van der Waals surface area (Å²) in [6, 6.07) is 14.7. The monoisotopic (exact) mass is 508 g/mol. The molecule has 0 amide bonds. The molecular formula is C26H25ClN4O3S. The molecule has 1 aliphatic heterocycles. The third-order valence-electron chi connectivity index (χ3n) is 5.72. The van der Waals surface area contributed by atoms with Crippen LogP contribution in [0.4, 0.5) is 11.4 Å². The van der Waals surface area contributed by atoms with Crippen LogP contribution in [0.15, 0.2) is 65.9 Å². The maximum atomic E-state index is 11.4. The molecule has 7 nitrogen and oxygen atoms in total. The summed E-state index contributed by atoms with van der Waals surface area (Å²) in [5, 5.41) is 17.1. The highest BCUT2D eigenvalue weighted by Crippen LogP contribution is 2.42. The zero-order valence-electron chi connectivity index (χ0n) is 19.3. The molecule has 180 valence electrons. The number of methoxy groups -OCH3 is 1. The van der Waals surface area contributed by atoms with Crippen molar-refractivity contribution in [2.24, 2.45) is 4.99 Å². The molecule has 0 fully saturated rings. The van der Waals surface area contributed by atoms with Gasteiger partial charge in [0.05, 0.1) is 40.0 Å². The van der Waals surface area contributed by atoms with E-state index in [0.717, 1.165) is 27.6 Å². The number of nitrogens with one attached hydrogen (secondary N) is 2. The number of aromatic amines is 1. The summed E-state index contributed by atoms with van der Waals surface area (Å²) in [6.45, 7) is 2.57. The van der Waals surface area contributed by atoms with Crippen molar-refractivity contribution in [1.29, 1.82) is 0 Å². The Morgan fingerprint density at radius 2 is 1.97 bits per heavy atom. The number of aliphatic hydroxyl groups is 1. The smallest absolute Gasteiger partial charge is 0.139 e. The van der Waals surface area contributed by atoms with Gasteiger partial charge >= 0.3 is 0 Å². The number of thioether (sulfide) groups is 1. The number of halogens is 1. The summed E-state index contributed by atoms with van der Waals surface area (Å²) >= 11 is 8.27. The van der Waals surface area contributed by atoms with E-state index in [1.54, 1.807) is 49.5 Å². The summed E-state index contributed by atoms with van der Waals surface area (Å²) in [5.74, 6) is 2.21. The Morgan fingerprint density at radius 1 is 1.14 bits per heavy atom. The summed E-state index contributed by atoms with van der Waals surface area (Å²) in [4.78, 5) is 12.5. The number of benzene rings is 2. The van der Waals surface area contributed by atoms with E-state index in [1.165, 1.54) is 0 Å². The van der Waals surface area contributed by atoms with E-state index in [9.17, 15) is 5.11 Å². The number of pyridine rings is 1. The minimum absolute atomic E-state index is 0.0825. The van der Waals surface area contributed by atoms with Gasteiger partial charge in [-0.3, -0.25) is 0 Å². The lowest BCUT2D eigenvalue weighted by Crippen LogP contribution is -2.34. The molecule has 35 heavy (non-hydrogen) atoms. The Hall–Kier alpha value is -3.04. The highest BCUT2D eigenvalue weighted by Gasteiger charge is 2.28. The van der Waals surface area contributed by atoms with E-state index in [-0.39, 0.29) is 6.04 Å². The van der Waals surface area contributed by atoms with Crippen molar-refractivity contribution < 1.29 is 14.6 Å². The van der Waals surface area contributed by atoms with Gasteiger partial charge in [-0.2, -0.15) is 0 Å². The quantitative estimate of drug-likeness (QED) is 0.271. The first kappa shape index (κ1) is 23.7. The van der Waals surface area contributed by atoms with Crippen LogP contribution in [0.5, 0.6) is 11.5 Å². The van der Waals surface area contributed by atoms with Crippen LogP contribution in [0.25, 0.3) is 11.0 Å². The number of aliphatic imine (C=N–C) groups is 1. The Morgan fingerprint density at radius 3 is 2.71 bits per heavy atom. The van der Waals surface area contributed by atoms with Crippen molar-refractivity contribution in [1.82, 2.24) is 9.97 Å². The molecule has 3 heterocycles. The van der Waals surface area contributed by atoms with E-state index < -0.39 is 6.10 Å². The van der Waals surface area contributed by atoms with Crippen molar-refractivity contribution in [2.75, 3.05) is 24.8 Å². The minimum Gasteiger partial charge on any atom is -0.457 e. The molecule has 0 aliphatic carbocycles. The fourth-order valence-corrected chi connectivity index (χ4v) is 5.20. The molecule has 0 spiro atoms. The molecule has 2 atom stereocenters. The van der Waals surface area contributed by atoms with Crippen molar-refractivity contribution in [3.05, 3.63) is 77.1 Å². The molecule has 2 aromatic carbocycles. The molecule has 2 aromatic heterocycles. The van der Waals surface area contributed by atoms with Crippen molar-refractivity contribution in [3.63, 3.8) is 0 Å². The van der Waals surface area contributed by atoms with Crippen LogP contribution in [0, 0.1) is 0 Å². The first-order valence-electron chi connectivity index (χ1n) is 11.3. The predicted octanol–water partition coefficient (Wildman–Crippen LogP) is 6.31. The van der Waals surface area contributed by atoms with Gasteiger partial charge in [0.15, 0.2) is 0 Å². The van der Waals surface area contributed by atoms with Gasteiger partial charge in [0.2, 0.25) is 0 Å². The Kier molecular flexibility index (Phi) is 6.97. The second kappa shape index (κ2) is 10.3. The number of rotatable bonds is 7. The molecule has 1 aliphatic rings. The first-order valence-corrected chi connectivity index (χ1v) is 12.6. The van der Waals surface area contributed by atoms with Crippen molar-refractivity contribution in [2.45, 2.75) is 19.1 Å². The van der Waals surface area contributed by atoms with Crippen LogP contribution in [0.1, 0.15) is 24.2 Å². The fraction of sp³-hybridized carbons (Fsp3) is 0.231. The Balaban J connectivity index is 1.51. The average Bonchev–Trinajstić information content (AvgIpc) is 3.30. The lowest BCUT2D eigenvalue weighted by Gasteiger charge is -2.27. The number of fused-ring (bicyclic) bond motifs is 3. The number of para-hydroxylation sites is 1. The molecule has 3 N–H and O–H groups in total. The molecule has 4 aromatic rings. The number of H-pyrrole nitrogens is 1. The van der Waals surface area contributed by atoms with E-state index in [0.29, 0.717) is 39.9 Å². The maximum absolute atomic E-state index is 11.4. The largest absolute Gasteiger partial charge is 0.457 e. The predicted molar refractivity (Wildman–Crippen MR) is 143 cm³/mol. The van der Waals surface area contributed by atoms with Gasteiger partial charge in [-0.15, -0.1) is 11.8 Å². The van der Waals surface area contributed by atoms with Gasteiger partial charge < -0.3 is 24.9 Å². The van der Waals surface area contributed by atoms with Crippen LogP contribution in [0.3, 0.4) is 0 Å². The van der Waals surface area contributed by atoms with Crippen molar-refractivity contribution >= 4 is 50.8 Å². The van der Waals surface area contributed by atoms with E-state index in [2.05, 4.69) is 22.2 Å². The second-order valence-electron chi connectivity index (χ2n) is 8.02. The van der Waals surface area contributed by atoms with E-state index in [1.807, 2.05) is 30.3 Å². The molecule has 2 unspecified atom stereocenters. The number of hydrogen-bond acceptors (Lipinski definition) is 7. The highest BCUT2D eigenvalue weighted by molar-refractivity contribution is 8.14. The number of anilines is 1. The molecule has 0 saturated carbocycles. The summed E-state index contributed by atoms with van der Waals surface area (Å²) in [7, 11) is 1.67. The Bertz CT molecular complexity index is 1380. The number of aliphatic hydroxyl groups excluding tert-OH is 1. The van der Waals surface area contributed by atoms with Crippen LogP contribution in [0.2, 0.25) is 5.02 Å². The minimum atomic E-state index is -0.978. The Labute approximate surface area is 212 Å². The lowest BCUT2D eigenvalue weighted by atomic mass is 10.00. The summed E-state index contributed by atoms with van der Waals surface area (Å²) in [5.41, 5.74) is 3.43. The molecule has 0 bridgehead atoms. The average molecular weight is 509 g/mol. The zero-order chi connectivity index (χ0) is 24.4. The van der Waals surface area contributed by atoms with Gasteiger partial charge in [-0.1, -0.05) is 42.8 Å². The number of ether oxygens (including phenoxy) is 2. The topological polar surface area (TPSA) is 91.8 Å². The normalized spacial score (nSPS) is 15.9. The van der Waals surface area contributed by atoms with Crippen LogP contribution >= 0.6 is 23.4 Å². The van der Waals surface area contributed by atoms with Crippen LogP contribution in [-0.4, -0.2) is 45.6 Å². The van der Waals surface area contributed by atoms with Crippen LogP contribution < -0.4 is 10.1 Å². The maximum Gasteiger partial charge on any atom is 0.139 e. The van der Waals surface area contributed by atoms with Gasteiger partial charge in [0.1, 0.15) is 28.9 Å². The van der Waals surface area contributed by atoms with Crippen LogP contribution in [-0.2, 0) is 4.74 Å². The molecule has 9 heteroatoms. The van der Waals surface area contributed by atoms with Gasteiger partial charge in [0, 0.05) is 24.4 Å². The van der Waals surface area contributed by atoms with Gasteiger partial charge in [-0.25, -0.2) is 9.98 Å². The lowest BCUT2D eigenvalue weighted by molar-refractivity contribution is 0.200. The summed E-state index contributed by atoms with van der Waals surface area (Å²) in [6.07, 6.45) is 2.52. The third kappa shape index (κ3) is 4.75. The molecule has 5 rings (SSSR count). The third-order valence-corrected chi connectivity index (χ3v) is 7.01. The number of nitrogens with zero attached hydrogens (tertiary/aromatic N) is 2. The number of aromatic nitrogens is 2. The fourth-order valence-electron chi connectivity index (χ4n) is 4.13. The van der Waals surface area contributed by atoms with Gasteiger partial charge in [0.25, 0.3) is 0 Å². The van der Waals surface area contributed by atoms with Gasteiger partial charge in [-0.05, 0) is 30.0 Å².